The average Bonchev–Trinajstić information content (AvgIpc) is 2.67. The summed E-state index contributed by atoms with van der Waals surface area (Å²) in [5.74, 6) is 1.04. The van der Waals surface area contributed by atoms with E-state index < -0.39 is 0 Å². The molecule has 0 heterocycles. The molecule has 0 unspecified atom stereocenters. The molecule has 0 spiro atoms. The van der Waals surface area contributed by atoms with Gasteiger partial charge in [-0.3, -0.25) is 4.79 Å². The van der Waals surface area contributed by atoms with Crippen molar-refractivity contribution in [2.24, 2.45) is 0 Å². The van der Waals surface area contributed by atoms with Crippen LogP contribution in [0.15, 0.2) is 77.7 Å². The van der Waals surface area contributed by atoms with Gasteiger partial charge < -0.3 is 10.1 Å². The molecule has 0 saturated heterocycles. The Morgan fingerprint density at radius 3 is 2.41 bits per heavy atom. The van der Waals surface area contributed by atoms with E-state index in [9.17, 15) is 4.79 Å². The lowest BCUT2D eigenvalue weighted by Crippen LogP contribution is -2.20. The highest BCUT2D eigenvalue weighted by molar-refractivity contribution is 7.98. The Hall–Kier alpha value is -2.14. The first-order valence-electron chi connectivity index (χ1n) is 8.24. The molecular weight excluding hydrogens is 401 g/mol. The third-order valence-corrected chi connectivity index (χ3v) is 5.25. The van der Waals surface area contributed by atoms with Gasteiger partial charge in [0, 0.05) is 21.4 Å². The minimum Gasteiger partial charge on any atom is -0.482 e. The molecule has 138 valence electrons. The molecule has 0 aliphatic rings. The van der Waals surface area contributed by atoms with E-state index in [0.29, 0.717) is 15.8 Å². The summed E-state index contributed by atoms with van der Waals surface area (Å²) in [5, 5.41) is 3.69. The Bertz CT molecular complexity index is 902. The monoisotopic (exact) mass is 417 g/mol. The van der Waals surface area contributed by atoms with Gasteiger partial charge in [0.1, 0.15) is 5.75 Å². The van der Waals surface area contributed by atoms with Crippen molar-refractivity contribution in [3.05, 3.63) is 88.4 Å². The van der Waals surface area contributed by atoms with E-state index in [2.05, 4.69) is 17.4 Å². The van der Waals surface area contributed by atoms with Crippen molar-refractivity contribution in [3.63, 3.8) is 0 Å². The Labute approximate surface area is 172 Å². The van der Waals surface area contributed by atoms with Gasteiger partial charge in [0.15, 0.2) is 6.61 Å². The van der Waals surface area contributed by atoms with Gasteiger partial charge in [-0.05, 0) is 48.0 Å². The molecule has 3 aromatic carbocycles. The van der Waals surface area contributed by atoms with E-state index in [4.69, 9.17) is 27.9 Å². The summed E-state index contributed by atoms with van der Waals surface area (Å²) in [7, 11) is 0. The lowest BCUT2D eigenvalue weighted by molar-refractivity contribution is -0.118. The SMILES string of the molecule is O=C(COc1ccc(Cl)cc1Cl)Nc1ccc(CSc2ccccc2)cc1. The summed E-state index contributed by atoms with van der Waals surface area (Å²) in [4.78, 5) is 13.3. The molecule has 0 radical (unpaired) electrons. The lowest BCUT2D eigenvalue weighted by Gasteiger charge is -2.09. The molecule has 0 bridgehead atoms. The molecule has 1 amide bonds. The summed E-state index contributed by atoms with van der Waals surface area (Å²) in [5.41, 5.74) is 1.91. The second-order valence-corrected chi connectivity index (χ2v) is 7.60. The fraction of sp³-hybridized carbons (Fsp3) is 0.0952. The average molecular weight is 418 g/mol. The minimum absolute atomic E-state index is 0.132. The Balaban J connectivity index is 1.48. The number of thioether (sulfide) groups is 1. The number of nitrogens with one attached hydrogen (secondary N) is 1. The van der Waals surface area contributed by atoms with Crippen molar-refractivity contribution < 1.29 is 9.53 Å². The molecule has 0 saturated carbocycles. The summed E-state index contributed by atoms with van der Waals surface area (Å²) in [6.07, 6.45) is 0. The predicted molar refractivity (Wildman–Crippen MR) is 113 cm³/mol. The minimum atomic E-state index is -0.257. The van der Waals surface area contributed by atoms with Crippen LogP contribution in [0, 0.1) is 0 Å². The van der Waals surface area contributed by atoms with E-state index in [1.807, 2.05) is 42.5 Å². The third-order valence-electron chi connectivity index (χ3n) is 3.64. The smallest absolute Gasteiger partial charge is 0.262 e. The summed E-state index contributed by atoms with van der Waals surface area (Å²) in [6.45, 7) is -0.132. The number of amides is 1. The highest BCUT2D eigenvalue weighted by Crippen LogP contribution is 2.27. The molecule has 0 fully saturated rings. The van der Waals surface area contributed by atoms with Crippen LogP contribution in [0.3, 0.4) is 0 Å². The maximum absolute atomic E-state index is 12.1. The van der Waals surface area contributed by atoms with Crippen LogP contribution in [-0.2, 0) is 10.5 Å². The topological polar surface area (TPSA) is 38.3 Å². The molecule has 0 aliphatic carbocycles. The fourth-order valence-electron chi connectivity index (χ4n) is 2.30. The molecule has 0 atom stereocenters. The number of carbonyl (C=O) groups excluding carboxylic acids is 1. The molecule has 3 rings (SSSR count). The van der Waals surface area contributed by atoms with Crippen molar-refractivity contribution in [2.75, 3.05) is 11.9 Å². The summed E-state index contributed by atoms with van der Waals surface area (Å²) in [6, 6.07) is 22.9. The highest BCUT2D eigenvalue weighted by atomic mass is 35.5. The van der Waals surface area contributed by atoms with Crippen LogP contribution in [0.2, 0.25) is 10.0 Å². The van der Waals surface area contributed by atoms with Crippen LogP contribution in [-0.4, -0.2) is 12.5 Å². The Morgan fingerprint density at radius 1 is 0.963 bits per heavy atom. The summed E-state index contributed by atoms with van der Waals surface area (Å²) >= 11 is 13.6. The first-order valence-corrected chi connectivity index (χ1v) is 9.99. The van der Waals surface area contributed by atoms with Crippen molar-refractivity contribution in [1.82, 2.24) is 0 Å². The Morgan fingerprint density at radius 2 is 1.70 bits per heavy atom. The number of hydrogen-bond donors (Lipinski definition) is 1. The fourth-order valence-corrected chi connectivity index (χ4v) is 3.64. The molecule has 27 heavy (non-hydrogen) atoms. The van der Waals surface area contributed by atoms with E-state index in [1.54, 1.807) is 30.0 Å². The molecular formula is C21H17Cl2NO2S. The van der Waals surface area contributed by atoms with Gasteiger partial charge in [-0.15, -0.1) is 11.8 Å². The zero-order valence-corrected chi connectivity index (χ0v) is 16.7. The molecule has 0 aliphatic heterocycles. The van der Waals surface area contributed by atoms with Gasteiger partial charge in [0.2, 0.25) is 0 Å². The van der Waals surface area contributed by atoms with E-state index in [-0.39, 0.29) is 12.5 Å². The van der Waals surface area contributed by atoms with E-state index in [1.165, 1.54) is 10.5 Å². The molecule has 0 aromatic heterocycles. The van der Waals surface area contributed by atoms with Gasteiger partial charge in [-0.25, -0.2) is 0 Å². The predicted octanol–water partition coefficient (Wildman–Crippen LogP) is 6.30. The first-order chi connectivity index (χ1) is 13.1. The van der Waals surface area contributed by atoms with Crippen molar-refractivity contribution in [1.29, 1.82) is 0 Å². The number of halogens is 2. The van der Waals surface area contributed by atoms with Crippen molar-refractivity contribution >= 4 is 46.6 Å². The quantitative estimate of drug-likeness (QED) is 0.458. The van der Waals surface area contributed by atoms with Gasteiger partial charge in [0.05, 0.1) is 5.02 Å². The highest BCUT2D eigenvalue weighted by Gasteiger charge is 2.07. The van der Waals surface area contributed by atoms with Crippen LogP contribution >= 0.6 is 35.0 Å². The zero-order valence-electron chi connectivity index (χ0n) is 14.3. The normalized spacial score (nSPS) is 10.4. The third kappa shape index (κ3) is 6.21. The van der Waals surface area contributed by atoms with Gasteiger partial charge in [-0.2, -0.15) is 0 Å². The van der Waals surface area contributed by atoms with Crippen LogP contribution < -0.4 is 10.1 Å². The number of benzene rings is 3. The van der Waals surface area contributed by atoms with Gasteiger partial charge in [-0.1, -0.05) is 53.5 Å². The lowest BCUT2D eigenvalue weighted by atomic mass is 10.2. The standard InChI is InChI=1S/C21H17Cl2NO2S/c22-16-8-11-20(19(23)12-16)26-13-21(25)24-17-9-6-15(7-10-17)14-27-18-4-2-1-3-5-18/h1-12H,13-14H2,(H,24,25). The van der Waals surface area contributed by atoms with Crippen LogP contribution in [0.25, 0.3) is 0 Å². The maximum atomic E-state index is 12.1. The van der Waals surface area contributed by atoms with Crippen LogP contribution in [0.1, 0.15) is 5.56 Å². The second kappa shape index (κ2) is 9.70. The summed E-state index contributed by atoms with van der Waals surface area (Å²) < 4.78 is 5.43. The number of anilines is 1. The number of ether oxygens (including phenoxy) is 1. The van der Waals surface area contributed by atoms with Crippen LogP contribution in [0.4, 0.5) is 5.69 Å². The molecule has 6 heteroatoms. The van der Waals surface area contributed by atoms with Crippen LogP contribution in [0.5, 0.6) is 5.75 Å². The molecule has 3 nitrogen and oxygen atoms in total. The second-order valence-electron chi connectivity index (χ2n) is 5.71. The maximum Gasteiger partial charge on any atom is 0.262 e. The zero-order chi connectivity index (χ0) is 19.1. The van der Waals surface area contributed by atoms with E-state index >= 15 is 0 Å². The number of hydrogen-bond acceptors (Lipinski definition) is 3. The Kier molecular flexibility index (Phi) is 7.04. The number of rotatable bonds is 7. The largest absolute Gasteiger partial charge is 0.482 e. The van der Waals surface area contributed by atoms with Crippen molar-refractivity contribution in [2.45, 2.75) is 10.6 Å². The van der Waals surface area contributed by atoms with Gasteiger partial charge in [0.25, 0.3) is 5.91 Å². The molecule has 3 aromatic rings. The first kappa shape index (κ1) is 19.6. The van der Waals surface area contributed by atoms with E-state index in [0.717, 1.165) is 11.4 Å². The number of carbonyl (C=O) groups is 1. The van der Waals surface area contributed by atoms with Crippen molar-refractivity contribution in [3.8, 4) is 5.75 Å². The molecule has 1 N–H and O–H groups in total. The van der Waals surface area contributed by atoms with Gasteiger partial charge >= 0.3 is 0 Å².